The Morgan fingerprint density at radius 1 is 1.03 bits per heavy atom. The summed E-state index contributed by atoms with van der Waals surface area (Å²) in [6.07, 6.45) is 4.04. The largest absolute Gasteiger partial charge is 0.372 e. The zero-order chi connectivity index (χ0) is 20.9. The standard InChI is InChI=1S/C23H27N7/c1-4-13-30(14-5-2)18-11-9-17(10-12-18)15-24-28-23-26-22-21(27-29-23)19-8-6-7-16(3)20(19)25-22/h6-12,15H,4-5,13-14H2,1-3H3,(H2,25,26,28,29)/b24-15-. The number of anilines is 2. The van der Waals surface area contributed by atoms with Crippen molar-refractivity contribution in [2.24, 2.45) is 5.10 Å². The second-order valence-corrected chi connectivity index (χ2v) is 7.40. The van der Waals surface area contributed by atoms with Gasteiger partial charge in [0, 0.05) is 24.2 Å². The Bertz CT molecular complexity index is 1160. The molecule has 2 aromatic heterocycles. The van der Waals surface area contributed by atoms with E-state index in [0.717, 1.165) is 53.5 Å². The van der Waals surface area contributed by atoms with E-state index in [2.05, 4.69) is 86.7 Å². The normalized spacial score (nSPS) is 11.6. The number of benzene rings is 2. The molecular weight excluding hydrogens is 374 g/mol. The number of aromatic amines is 1. The van der Waals surface area contributed by atoms with Crippen molar-refractivity contribution in [1.82, 2.24) is 20.2 Å². The summed E-state index contributed by atoms with van der Waals surface area (Å²) in [4.78, 5) is 10.2. The van der Waals surface area contributed by atoms with E-state index in [0.29, 0.717) is 11.6 Å². The Balaban J connectivity index is 1.47. The fraction of sp³-hybridized carbons (Fsp3) is 0.304. The van der Waals surface area contributed by atoms with Gasteiger partial charge >= 0.3 is 0 Å². The van der Waals surface area contributed by atoms with Crippen molar-refractivity contribution in [2.45, 2.75) is 33.6 Å². The molecule has 154 valence electrons. The molecule has 0 fully saturated rings. The molecule has 0 bridgehead atoms. The van der Waals surface area contributed by atoms with Crippen LogP contribution in [0.3, 0.4) is 0 Å². The van der Waals surface area contributed by atoms with Crippen LogP contribution in [0.2, 0.25) is 0 Å². The molecule has 7 nitrogen and oxygen atoms in total. The molecule has 0 atom stereocenters. The van der Waals surface area contributed by atoms with E-state index < -0.39 is 0 Å². The van der Waals surface area contributed by atoms with Gasteiger partial charge in [-0.3, -0.25) is 0 Å². The van der Waals surface area contributed by atoms with Crippen LogP contribution in [0.15, 0.2) is 47.6 Å². The Labute approximate surface area is 176 Å². The molecule has 0 saturated carbocycles. The first-order valence-corrected chi connectivity index (χ1v) is 10.5. The van der Waals surface area contributed by atoms with E-state index in [9.17, 15) is 0 Å². The number of H-pyrrole nitrogens is 1. The summed E-state index contributed by atoms with van der Waals surface area (Å²) in [5, 5.41) is 13.8. The predicted octanol–water partition coefficient (Wildman–Crippen LogP) is 4.89. The maximum Gasteiger partial charge on any atom is 0.265 e. The average molecular weight is 402 g/mol. The molecular formula is C23H27N7. The molecule has 7 heteroatoms. The highest BCUT2D eigenvalue weighted by molar-refractivity contribution is 6.04. The molecule has 0 spiro atoms. The Morgan fingerprint density at radius 3 is 2.53 bits per heavy atom. The minimum absolute atomic E-state index is 0.358. The summed E-state index contributed by atoms with van der Waals surface area (Å²) < 4.78 is 0. The summed E-state index contributed by atoms with van der Waals surface area (Å²) in [5.74, 6) is 0.358. The van der Waals surface area contributed by atoms with Crippen molar-refractivity contribution >= 4 is 39.9 Å². The smallest absolute Gasteiger partial charge is 0.265 e. The number of para-hydroxylation sites is 1. The van der Waals surface area contributed by atoms with E-state index in [1.807, 2.05) is 12.1 Å². The molecule has 4 aromatic rings. The van der Waals surface area contributed by atoms with Crippen molar-refractivity contribution < 1.29 is 0 Å². The van der Waals surface area contributed by atoms with Crippen LogP contribution >= 0.6 is 0 Å². The zero-order valence-corrected chi connectivity index (χ0v) is 17.7. The van der Waals surface area contributed by atoms with Crippen LogP contribution in [-0.4, -0.2) is 39.5 Å². The van der Waals surface area contributed by atoms with E-state index in [-0.39, 0.29) is 0 Å². The maximum atomic E-state index is 4.50. The predicted molar refractivity (Wildman–Crippen MR) is 124 cm³/mol. The van der Waals surface area contributed by atoms with Crippen LogP contribution in [0.4, 0.5) is 11.6 Å². The average Bonchev–Trinajstić information content (AvgIpc) is 3.13. The number of hydrogen-bond donors (Lipinski definition) is 2. The van der Waals surface area contributed by atoms with Gasteiger partial charge in [-0.25, -0.2) is 5.43 Å². The van der Waals surface area contributed by atoms with Gasteiger partial charge in [0.15, 0.2) is 5.65 Å². The SMILES string of the molecule is CCCN(CCC)c1ccc(/C=N\Nc2nnc3c(n2)[nH]c2c(C)cccc23)cc1. The lowest BCUT2D eigenvalue weighted by atomic mass is 10.1. The molecule has 0 radical (unpaired) electrons. The second-order valence-electron chi connectivity index (χ2n) is 7.40. The van der Waals surface area contributed by atoms with Gasteiger partial charge in [-0.15, -0.1) is 10.2 Å². The number of hydrogen-bond acceptors (Lipinski definition) is 6. The third kappa shape index (κ3) is 4.10. The van der Waals surface area contributed by atoms with Gasteiger partial charge in [0.2, 0.25) is 0 Å². The Hall–Kier alpha value is -3.48. The summed E-state index contributed by atoms with van der Waals surface area (Å²) in [6.45, 7) is 8.62. The third-order valence-corrected chi connectivity index (χ3v) is 5.08. The van der Waals surface area contributed by atoms with E-state index >= 15 is 0 Å². The Morgan fingerprint density at radius 2 is 1.80 bits per heavy atom. The summed E-state index contributed by atoms with van der Waals surface area (Å²) in [6, 6.07) is 14.5. The molecule has 0 aliphatic heterocycles. The number of aromatic nitrogens is 4. The minimum Gasteiger partial charge on any atom is -0.372 e. The van der Waals surface area contributed by atoms with Crippen molar-refractivity contribution in [3.05, 3.63) is 53.6 Å². The van der Waals surface area contributed by atoms with Gasteiger partial charge < -0.3 is 9.88 Å². The number of aryl methyl sites for hydroxylation is 1. The van der Waals surface area contributed by atoms with Crippen LogP contribution in [-0.2, 0) is 0 Å². The lowest BCUT2D eigenvalue weighted by molar-refractivity contribution is 0.745. The molecule has 0 aliphatic carbocycles. The van der Waals surface area contributed by atoms with Crippen LogP contribution in [0, 0.1) is 6.92 Å². The molecule has 0 unspecified atom stereocenters. The Kier molecular flexibility index (Phi) is 5.88. The summed E-state index contributed by atoms with van der Waals surface area (Å²) >= 11 is 0. The van der Waals surface area contributed by atoms with E-state index in [1.54, 1.807) is 6.21 Å². The first-order chi connectivity index (χ1) is 14.7. The second kappa shape index (κ2) is 8.90. The van der Waals surface area contributed by atoms with Gasteiger partial charge in [-0.1, -0.05) is 44.2 Å². The van der Waals surface area contributed by atoms with E-state index in [1.165, 1.54) is 5.69 Å². The third-order valence-electron chi connectivity index (χ3n) is 5.08. The molecule has 2 heterocycles. The fourth-order valence-electron chi connectivity index (χ4n) is 3.64. The van der Waals surface area contributed by atoms with Crippen LogP contribution < -0.4 is 10.3 Å². The fourth-order valence-corrected chi connectivity index (χ4v) is 3.64. The number of fused-ring (bicyclic) bond motifs is 3. The lowest BCUT2D eigenvalue weighted by Gasteiger charge is -2.23. The lowest BCUT2D eigenvalue weighted by Crippen LogP contribution is -2.24. The van der Waals surface area contributed by atoms with Crippen molar-refractivity contribution in [1.29, 1.82) is 0 Å². The summed E-state index contributed by atoms with van der Waals surface area (Å²) in [5.41, 5.74) is 8.78. The first kappa shape index (κ1) is 19.8. The molecule has 4 rings (SSSR count). The van der Waals surface area contributed by atoms with Crippen LogP contribution in [0.5, 0.6) is 0 Å². The highest BCUT2D eigenvalue weighted by atomic mass is 15.4. The highest BCUT2D eigenvalue weighted by Crippen LogP contribution is 2.24. The van der Waals surface area contributed by atoms with E-state index in [4.69, 9.17) is 0 Å². The molecule has 2 N–H and O–H groups in total. The quantitative estimate of drug-likeness (QED) is 0.325. The summed E-state index contributed by atoms with van der Waals surface area (Å²) in [7, 11) is 0. The molecule has 30 heavy (non-hydrogen) atoms. The van der Waals surface area contributed by atoms with Crippen molar-refractivity contribution in [2.75, 3.05) is 23.4 Å². The zero-order valence-electron chi connectivity index (χ0n) is 17.7. The number of nitrogens with zero attached hydrogens (tertiary/aromatic N) is 5. The number of hydrazone groups is 1. The molecule has 0 amide bonds. The van der Waals surface area contributed by atoms with Crippen LogP contribution in [0.25, 0.3) is 22.1 Å². The number of rotatable bonds is 8. The topological polar surface area (TPSA) is 82.1 Å². The van der Waals surface area contributed by atoms with Gasteiger partial charge in [0.1, 0.15) is 5.52 Å². The molecule has 0 aliphatic rings. The monoisotopic (exact) mass is 401 g/mol. The first-order valence-electron chi connectivity index (χ1n) is 10.5. The molecule has 0 saturated heterocycles. The van der Waals surface area contributed by atoms with Gasteiger partial charge in [-0.2, -0.15) is 10.1 Å². The highest BCUT2D eigenvalue weighted by Gasteiger charge is 2.10. The number of nitrogens with one attached hydrogen (secondary N) is 2. The molecule has 2 aromatic carbocycles. The van der Waals surface area contributed by atoms with Crippen LogP contribution in [0.1, 0.15) is 37.8 Å². The van der Waals surface area contributed by atoms with Gasteiger partial charge in [0.05, 0.1) is 11.7 Å². The van der Waals surface area contributed by atoms with Gasteiger partial charge in [0.25, 0.3) is 5.95 Å². The minimum atomic E-state index is 0.358. The van der Waals surface area contributed by atoms with Crippen molar-refractivity contribution in [3.63, 3.8) is 0 Å². The van der Waals surface area contributed by atoms with Crippen molar-refractivity contribution in [3.8, 4) is 0 Å². The van der Waals surface area contributed by atoms with Gasteiger partial charge in [-0.05, 0) is 43.0 Å². The maximum absolute atomic E-state index is 4.50.